The number of hydrogen-bond donors (Lipinski definition) is 0. The lowest BCUT2D eigenvalue weighted by atomic mass is 10.1. The molecule has 0 spiro atoms. The summed E-state index contributed by atoms with van der Waals surface area (Å²) in [6.07, 6.45) is 1.14. The molecular weight excluding hydrogens is 372 g/mol. The van der Waals surface area contributed by atoms with Gasteiger partial charge in [-0.15, -0.1) is 11.3 Å². The lowest BCUT2D eigenvalue weighted by molar-refractivity contribution is -0.118. The fraction of sp³-hybridized carbons (Fsp3) is 0.273. The Balaban J connectivity index is 1.78. The molecule has 0 unspecified atom stereocenters. The molecule has 0 radical (unpaired) electrons. The van der Waals surface area contributed by atoms with E-state index in [2.05, 4.69) is 0 Å². The van der Waals surface area contributed by atoms with Gasteiger partial charge in [-0.2, -0.15) is 0 Å². The van der Waals surface area contributed by atoms with Gasteiger partial charge in [-0.1, -0.05) is 43.3 Å². The highest BCUT2D eigenvalue weighted by molar-refractivity contribution is 7.14. The minimum absolute atomic E-state index is 0.0643. The predicted octanol–water partition coefficient (Wildman–Crippen LogP) is 4.81. The van der Waals surface area contributed by atoms with Crippen LogP contribution in [-0.4, -0.2) is 31.7 Å². The maximum Gasteiger partial charge on any atom is 0.228 e. The second-order valence-electron chi connectivity index (χ2n) is 6.22. The fourth-order valence-corrected chi connectivity index (χ4v) is 3.80. The van der Waals surface area contributed by atoms with Gasteiger partial charge in [-0.25, -0.2) is 4.98 Å². The quantitative estimate of drug-likeness (QED) is 0.548. The Labute approximate surface area is 169 Å². The van der Waals surface area contributed by atoms with Crippen LogP contribution in [-0.2, 0) is 11.2 Å². The Bertz CT molecular complexity index is 925. The molecule has 28 heavy (non-hydrogen) atoms. The topological polar surface area (TPSA) is 51.7 Å². The van der Waals surface area contributed by atoms with E-state index in [0.29, 0.717) is 30.9 Å². The zero-order chi connectivity index (χ0) is 19.9. The molecule has 1 heterocycles. The van der Waals surface area contributed by atoms with Crippen LogP contribution in [0.1, 0.15) is 18.9 Å². The number of carbonyl (C=O) groups is 1. The van der Waals surface area contributed by atoms with Crippen molar-refractivity contribution in [3.8, 4) is 22.8 Å². The molecule has 5 nitrogen and oxygen atoms in total. The molecular formula is C22H24N2O3S. The van der Waals surface area contributed by atoms with Crippen molar-refractivity contribution in [3.05, 3.63) is 59.5 Å². The molecule has 0 aliphatic carbocycles. The minimum Gasteiger partial charge on any atom is -0.493 e. The molecule has 0 atom stereocenters. The molecule has 0 bridgehead atoms. The van der Waals surface area contributed by atoms with Crippen molar-refractivity contribution in [3.63, 3.8) is 0 Å². The van der Waals surface area contributed by atoms with Gasteiger partial charge >= 0.3 is 0 Å². The molecule has 1 aromatic heterocycles. The first-order chi connectivity index (χ1) is 13.7. The van der Waals surface area contributed by atoms with E-state index in [1.54, 1.807) is 19.1 Å². The Morgan fingerprint density at radius 3 is 2.50 bits per heavy atom. The van der Waals surface area contributed by atoms with Gasteiger partial charge in [0.1, 0.15) is 0 Å². The number of hydrogen-bond acceptors (Lipinski definition) is 5. The van der Waals surface area contributed by atoms with E-state index in [1.165, 1.54) is 11.3 Å². The summed E-state index contributed by atoms with van der Waals surface area (Å²) in [5.74, 6) is 1.45. The SMILES string of the molecule is CCC(=O)N(CCc1ccc(OC)c(OC)c1)c1nc(-c2ccccc2)cs1. The van der Waals surface area contributed by atoms with E-state index < -0.39 is 0 Å². The van der Waals surface area contributed by atoms with E-state index in [0.717, 1.165) is 22.0 Å². The molecule has 2 aromatic carbocycles. The molecule has 0 saturated carbocycles. The van der Waals surface area contributed by atoms with Crippen LogP contribution in [0.5, 0.6) is 11.5 Å². The third kappa shape index (κ3) is 4.51. The van der Waals surface area contributed by atoms with Crippen LogP contribution in [0.4, 0.5) is 5.13 Å². The summed E-state index contributed by atoms with van der Waals surface area (Å²) < 4.78 is 10.7. The Morgan fingerprint density at radius 2 is 1.82 bits per heavy atom. The number of methoxy groups -OCH3 is 2. The van der Waals surface area contributed by atoms with Crippen LogP contribution in [0.25, 0.3) is 11.3 Å². The van der Waals surface area contributed by atoms with Gasteiger partial charge in [0.25, 0.3) is 0 Å². The maximum atomic E-state index is 12.6. The lowest BCUT2D eigenvalue weighted by Crippen LogP contribution is -2.32. The minimum atomic E-state index is 0.0643. The smallest absolute Gasteiger partial charge is 0.228 e. The number of carbonyl (C=O) groups excluding carboxylic acids is 1. The van der Waals surface area contributed by atoms with Crippen molar-refractivity contribution in [2.45, 2.75) is 19.8 Å². The zero-order valence-electron chi connectivity index (χ0n) is 16.3. The second kappa shape index (κ2) is 9.37. The van der Waals surface area contributed by atoms with Crippen molar-refractivity contribution in [1.82, 2.24) is 4.98 Å². The molecule has 0 fully saturated rings. The molecule has 6 heteroatoms. The average molecular weight is 397 g/mol. The highest BCUT2D eigenvalue weighted by atomic mass is 32.1. The first-order valence-corrected chi connectivity index (χ1v) is 10.1. The predicted molar refractivity (Wildman–Crippen MR) is 113 cm³/mol. The highest BCUT2D eigenvalue weighted by Gasteiger charge is 2.18. The Morgan fingerprint density at radius 1 is 1.07 bits per heavy atom. The summed E-state index contributed by atoms with van der Waals surface area (Å²) in [5, 5.41) is 2.72. The van der Waals surface area contributed by atoms with Crippen LogP contribution in [0, 0.1) is 0 Å². The Hall–Kier alpha value is -2.86. The Kier molecular flexibility index (Phi) is 6.66. The molecule has 3 rings (SSSR count). The van der Waals surface area contributed by atoms with Gasteiger partial charge in [-0.05, 0) is 24.1 Å². The average Bonchev–Trinajstić information content (AvgIpc) is 3.24. The number of rotatable bonds is 8. The summed E-state index contributed by atoms with van der Waals surface area (Å²) in [5.41, 5.74) is 3.01. The van der Waals surface area contributed by atoms with Gasteiger partial charge in [0, 0.05) is 23.9 Å². The summed E-state index contributed by atoms with van der Waals surface area (Å²) in [4.78, 5) is 19.0. The normalized spacial score (nSPS) is 10.5. The molecule has 0 aliphatic heterocycles. The van der Waals surface area contributed by atoms with Crippen LogP contribution < -0.4 is 14.4 Å². The molecule has 0 N–H and O–H groups in total. The van der Waals surface area contributed by atoms with Crippen LogP contribution in [0.15, 0.2) is 53.9 Å². The van der Waals surface area contributed by atoms with Gasteiger partial charge in [-0.3, -0.25) is 9.69 Å². The van der Waals surface area contributed by atoms with Gasteiger partial charge in [0.05, 0.1) is 19.9 Å². The number of aromatic nitrogens is 1. The number of benzene rings is 2. The molecule has 0 saturated heterocycles. The van der Waals surface area contributed by atoms with Crippen LogP contribution in [0.2, 0.25) is 0 Å². The van der Waals surface area contributed by atoms with E-state index >= 15 is 0 Å². The standard InChI is InChI=1S/C22H24N2O3S/c1-4-21(25)24(13-12-16-10-11-19(26-2)20(14-16)27-3)22-23-18(15-28-22)17-8-6-5-7-9-17/h5-11,14-15H,4,12-13H2,1-3H3. The molecule has 3 aromatic rings. The third-order valence-corrected chi connectivity index (χ3v) is 5.33. The number of ether oxygens (including phenoxy) is 2. The van der Waals surface area contributed by atoms with Crippen molar-refractivity contribution in [2.24, 2.45) is 0 Å². The first-order valence-electron chi connectivity index (χ1n) is 9.18. The maximum absolute atomic E-state index is 12.6. The van der Waals surface area contributed by atoms with Gasteiger partial charge in [0.15, 0.2) is 16.6 Å². The number of thiazole rings is 1. The molecule has 146 valence electrons. The van der Waals surface area contributed by atoms with Crippen LogP contribution >= 0.6 is 11.3 Å². The number of anilines is 1. The lowest BCUT2D eigenvalue weighted by Gasteiger charge is -2.19. The third-order valence-electron chi connectivity index (χ3n) is 4.47. The van der Waals surface area contributed by atoms with E-state index in [1.807, 2.05) is 60.8 Å². The van der Waals surface area contributed by atoms with E-state index in [4.69, 9.17) is 14.5 Å². The van der Waals surface area contributed by atoms with E-state index in [-0.39, 0.29) is 5.91 Å². The van der Waals surface area contributed by atoms with Gasteiger partial charge in [0.2, 0.25) is 5.91 Å². The summed E-state index contributed by atoms with van der Waals surface area (Å²) >= 11 is 1.49. The van der Waals surface area contributed by atoms with E-state index in [9.17, 15) is 4.79 Å². The summed E-state index contributed by atoms with van der Waals surface area (Å²) in [6.45, 7) is 2.43. The molecule has 0 aliphatic rings. The van der Waals surface area contributed by atoms with Crippen molar-refractivity contribution < 1.29 is 14.3 Å². The van der Waals surface area contributed by atoms with Gasteiger partial charge < -0.3 is 9.47 Å². The fourth-order valence-electron chi connectivity index (χ4n) is 2.92. The molecule has 1 amide bonds. The van der Waals surface area contributed by atoms with Crippen LogP contribution in [0.3, 0.4) is 0 Å². The highest BCUT2D eigenvalue weighted by Crippen LogP contribution is 2.30. The van der Waals surface area contributed by atoms with Crippen molar-refractivity contribution in [1.29, 1.82) is 0 Å². The first kappa shape index (κ1) is 19.9. The zero-order valence-corrected chi connectivity index (χ0v) is 17.2. The second-order valence-corrected chi connectivity index (χ2v) is 7.06. The number of nitrogens with zero attached hydrogens (tertiary/aromatic N) is 2. The summed E-state index contributed by atoms with van der Waals surface area (Å²) in [6, 6.07) is 15.8. The monoisotopic (exact) mass is 396 g/mol. The number of amides is 1. The van der Waals surface area contributed by atoms with Crippen molar-refractivity contribution in [2.75, 3.05) is 25.7 Å². The largest absolute Gasteiger partial charge is 0.493 e. The van der Waals surface area contributed by atoms with Crippen molar-refractivity contribution >= 4 is 22.4 Å². The summed E-state index contributed by atoms with van der Waals surface area (Å²) in [7, 11) is 3.24.